The predicted molar refractivity (Wildman–Crippen MR) is 90.3 cm³/mol. The number of rotatable bonds is 9. The van der Waals surface area contributed by atoms with E-state index in [2.05, 4.69) is 5.32 Å². The van der Waals surface area contributed by atoms with Gasteiger partial charge < -0.3 is 15.2 Å². The Balaban J connectivity index is 2.29. The van der Waals surface area contributed by atoms with E-state index in [1.807, 2.05) is 0 Å². The van der Waals surface area contributed by atoms with E-state index in [1.54, 1.807) is 32.0 Å². The zero-order chi connectivity index (χ0) is 17.5. The van der Waals surface area contributed by atoms with Gasteiger partial charge in [0.05, 0.1) is 11.6 Å². The number of hydrogen-bond donors (Lipinski definition) is 2. The molecule has 0 heterocycles. The lowest BCUT2D eigenvalue weighted by molar-refractivity contribution is -0.137. The average molecular weight is 362 g/mol. The number of carboxylic acids is 1. The Morgan fingerprint density at radius 1 is 1.26 bits per heavy atom. The van der Waals surface area contributed by atoms with Crippen molar-refractivity contribution in [2.45, 2.75) is 45.1 Å². The van der Waals surface area contributed by atoms with Gasteiger partial charge in [0.15, 0.2) is 0 Å². The number of benzene rings is 1. The Morgan fingerprint density at radius 3 is 2.57 bits per heavy atom. The van der Waals surface area contributed by atoms with Crippen molar-refractivity contribution in [2.75, 3.05) is 6.61 Å². The molecule has 1 aromatic carbocycles. The summed E-state index contributed by atoms with van der Waals surface area (Å²) in [4.78, 5) is 22.4. The highest BCUT2D eigenvalue weighted by atomic mass is 35.5. The number of amides is 1. The maximum atomic E-state index is 11.9. The number of carbonyl (C=O) groups excluding carboxylic acids is 1. The van der Waals surface area contributed by atoms with Crippen molar-refractivity contribution in [3.63, 3.8) is 0 Å². The van der Waals surface area contributed by atoms with Crippen LogP contribution in [-0.4, -0.2) is 29.1 Å². The van der Waals surface area contributed by atoms with Crippen molar-refractivity contribution < 1.29 is 19.4 Å². The lowest BCUT2D eigenvalue weighted by atomic mass is 9.98. The van der Waals surface area contributed by atoms with Gasteiger partial charge in [-0.2, -0.15) is 0 Å². The van der Waals surface area contributed by atoms with Crippen molar-refractivity contribution in [3.8, 4) is 5.75 Å². The Morgan fingerprint density at radius 2 is 1.96 bits per heavy atom. The molecule has 0 radical (unpaired) electrons. The minimum Gasteiger partial charge on any atom is -0.492 e. The number of ether oxygens (including phenoxy) is 1. The van der Waals surface area contributed by atoms with Crippen LogP contribution in [0.1, 0.15) is 39.5 Å². The minimum absolute atomic E-state index is 0.0193. The van der Waals surface area contributed by atoms with Crippen LogP contribution in [0.2, 0.25) is 10.0 Å². The van der Waals surface area contributed by atoms with E-state index >= 15 is 0 Å². The third-order valence-corrected chi connectivity index (χ3v) is 3.67. The van der Waals surface area contributed by atoms with E-state index in [0.717, 1.165) is 0 Å². The van der Waals surface area contributed by atoms with Crippen LogP contribution in [0, 0.1) is 0 Å². The van der Waals surface area contributed by atoms with Crippen LogP contribution in [0.5, 0.6) is 5.75 Å². The number of aliphatic carboxylic acids is 1. The summed E-state index contributed by atoms with van der Waals surface area (Å²) in [6, 6.07) is 4.95. The number of hydrogen-bond acceptors (Lipinski definition) is 3. The molecule has 0 saturated heterocycles. The molecular formula is C16H21Cl2NO4. The zero-order valence-electron chi connectivity index (χ0n) is 13.2. The standard InChI is InChI=1S/C16H21Cl2NO4/c1-16(2,8-7-15(21)22)19-14(20)4-3-9-23-13-6-5-11(17)10-12(13)18/h5-6,10H,3-4,7-9H2,1-2H3,(H,19,20)(H,21,22). The Labute approximate surface area is 145 Å². The molecule has 128 valence electrons. The summed E-state index contributed by atoms with van der Waals surface area (Å²) >= 11 is 11.8. The highest BCUT2D eigenvalue weighted by molar-refractivity contribution is 6.35. The van der Waals surface area contributed by atoms with E-state index in [1.165, 1.54) is 0 Å². The van der Waals surface area contributed by atoms with Crippen molar-refractivity contribution in [3.05, 3.63) is 28.2 Å². The van der Waals surface area contributed by atoms with Gasteiger partial charge in [0.25, 0.3) is 0 Å². The third kappa shape index (κ3) is 8.09. The molecule has 0 fully saturated rings. The van der Waals surface area contributed by atoms with Gasteiger partial charge in [-0.15, -0.1) is 0 Å². The summed E-state index contributed by atoms with van der Waals surface area (Å²) in [5, 5.41) is 12.5. The van der Waals surface area contributed by atoms with Gasteiger partial charge >= 0.3 is 5.97 Å². The molecule has 1 amide bonds. The van der Waals surface area contributed by atoms with E-state index in [9.17, 15) is 9.59 Å². The first-order chi connectivity index (χ1) is 10.7. The van der Waals surface area contributed by atoms with Crippen LogP contribution in [0.4, 0.5) is 0 Å². The van der Waals surface area contributed by atoms with Crippen LogP contribution in [0.15, 0.2) is 18.2 Å². The lowest BCUT2D eigenvalue weighted by Gasteiger charge is -2.25. The minimum atomic E-state index is -0.874. The summed E-state index contributed by atoms with van der Waals surface area (Å²) in [6.45, 7) is 3.96. The van der Waals surface area contributed by atoms with Crippen molar-refractivity contribution in [1.82, 2.24) is 5.32 Å². The van der Waals surface area contributed by atoms with Crippen LogP contribution >= 0.6 is 23.2 Å². The summed E-state index contributed by atoms with van der Waals surface area (Å²) in [7, 11) is 0. The lowest BCUT2D eigenvalue weighted by Crippen LogP contribution is -2.43. The van der Waals surface area contributed by atoms with E-state index in [4.69, 9.17) is 33.0 Å². The normalized spacial score (nSPS) is 11.1. The number of carbonyl (C=O) groups is 2. The van der Waals surface area contributed by atoms with Crippen LogP contribution in [0.3, 0.4) is 0 Å². The molecule has 0 aliphatic carbocycles. The summed E-state index contributed by atoms with van der Waals surface area (Å²) in [5.41, 5.74) is -0.546. The molecule has 2 N–H and O–H groups in total. The summed E-state index contributed by atoms with van der Waals surface area (Å²) in [5.74, 6) is -0.481. The molecule has 7 heteroatoms. The second-order valence-electron chi connectivity index (χ2n) is 5.85. The van der Waals surface area contributed by atoms with Gasteiger partial charge in [0, 0.05) is 23.4 Å². The molecule has 0 atom stereocenters. The smallest absolute Gasteiger partial charge is 0.303 e. The van der Waals surface area contributed by atoms with Gasteiger partial charge in [0.1, 0.15) is 5.75 Å². The fraction of sp³-hybridized carbons (Fsp3) is 0.500. The highest BCUT2D eigenvalue weighted by Crippen LogP contribution is 2.27. The number of nitrogens with one attached hydrogen (secondary N) is 1. The van der Waals surface area contributed by atoms with Crippen LogP contribution in [-0.2, 0) is 9.59 Å². The molecule has 0 saturated carbocycles. The number of carboxylic acid groups (broad SMARTS) is 1. The second-order valence-corrected chi connectivity index (χ2v) is 6.70. The Hall–Kier alpha value is -1.46. The molecule has 1 rings (SSSR count). The molecule has 1 aromatic rings. The first kappa shape index (κ1) is 19.6. The summed E-state index contributed by atoms with van der Waals surface area (Å²) < 4.78 is 5.50. The van der Waals surface area contributed by atoms with Crippen molar-refractivity contribution in [1.29, 1.82) is 0 Å². The van der Waals surface area contributed by atoms with Gasteiger partial charge in [-0.3, -0.25) is 9.59 Å². The number of halogens is 2. The van der Waals surface area contributed by atoms with Crippen molar-refractivity contribution >= 4 is 35.1 Å². The van der Waals surface area contributed by atoms with Gasteiger partial charge in [0.2, 0.25) is 5.91 Å². The topological polar surface area (TPSA) is 75.6 Å². The maximum Gasteiger partial charge on any atom is 0.303 e. The fourth-order valence-corrected chi connectivity index (χ4v) is 2.39. The fourth-order valence-electron chi connectivity index (χ4n) is 1.93. The molecule has 0 unspecified atom stereocenters. The molecule has 0 aromatic heterocycles. The highest BCUT2D eigenvalue weighted by Gasteiger charge is 2.21. The van der Waals surface area contributed by atoms with Crippen molar-refractivity contribution in [2.24, 2.45) is 0 Å². The van der Waals surface area contributed by atoms with Gasteiger partial charge in [-0.25, -0.2) is 0 Å². The molecule has 0 bridgehead atoms. The molecule has 5 nitrogen and oxygen atoms in total. The summed E-state index contributed by atoms with van der Waals surface area (Å²) in [6.07, 6.45) is 1.22. The van der Waals surface area contributed by atoms with Crippen LogP contribution < -0.4 is 10.1 Å². The quantitative estimate of drug-likeness (QED) is 0.653. The molecule has 0 aliphatic heterocycles. The average Bonchev–Trinajstić information content (AvgIpc) is 2.43. The largest absolute Gasteiger partial charge is 0.492 e. The molecule has 0 aliphatic rings. The second kappa shape index (κ2) is 8.99. The molecule has 23 heavy (non-hydrogen) atoms. The SMILES string of the molecule is CC(C)(CCC(=O)O)NC(=O)CCCOc1ccc(Cl)cc1Cl. The molecule has 0 spiro atoms. The monoisotopic (exact) mass is 361 g/mol. The first-order valence-electron chi connectivity index (χ1n) is 7.30. The third-order valence-electron chi connectivity index (χ3n) is 3.14. The zero-order valence-corrected chi connectivity index (χ0v) is 14.7. The first-order valence-corrected chi connectivity index (χ1v) is 8.06. The Bertz CT molecular complexity index is 561. The van der Waals surface area contributed by atoms with E-state index < -0.39 is 11.5 Å². The van der Waals surface area contributed by atoms with Gasteiger partial charge in [-0.05, 0) is 44.9 Å². The van der Waals surface area contributed by atoms with Crippen LogP contribution in [0.25, 0.3) is 0 Å². The predicted octanol–water partition coefficient (Wildman–Crippen LogP) is 3.91. The van der Waals surface area contributed by atoms with E-state index in [-0.39, 0.29) is 12.3 Å². The van der Waals surface area contributed by atoms with Gasteiger partial charge in [-0.1, -0.05) is 23.2 Å². The molecular weight excluding hydrogens is 341 g/mol. The Kier molecular flexibility index (Phi) is 7.65. The van der Waals surface area contributed by atoms with E-state index in [0.29, 0.717) is 41.7 Å². The maximum absolute atomic E-state index is 11.9.